The summed E-state index contributed by atoms with van der Waals surface area (Å²) in [5, 5.41) is 10.1. The Balaban J connectivity index is 3.12. The van der Waals surface area contributed by atoms with E-state index in [2.05, 4.69) is 4.72 Å². The molecule has 0 saturated carbocycles. The van der Waals surface area contributed by atoms with Gasteiger partial charge in [-0.25, -0.2) is 13.1 Å². The fraction of sp³-hybridized carbons (Fsp3) is 0.538. The third-order valence-corrected chi connectivity index (χ3v) is 4.46. The van der Waals surface area contributed by atoms with Gasteiger partial charge in [0.25, 0.3) is 0 Å². The molecular formula is C13H21NO3S. The summed E-state index contributed by atoms with van der Waals surface area (Å²) in [5.41, 5.74) is 0.352. The van der Waals surface area contributed by atoms with Crippen LogP contribution < -0.4 is 4.72 Å². The summed E-state index contributed by atoms with van der Waals surface area (Å²) in [7, 11) is -2.10. The highest BCUT2D eigenvalue weighted by Gasteiger charge is 2.25. The molecule has 0 aromatic heterocycles. The summed E-state index contributed by atoms with van der Waals surface area (Å²) < 4.78 is 26.0. The number of nitrogens with one attached hydrogen (secondary N) is 1. The minimum Gasteiger partial charge on any atom is -0.392 e. The molecule has 0 amide bonds. The first-order chi connectivity index (χ1) is 8.18. The monoisotopic (exact) mass is 271 g/mol. The molecule has 102 valence electrons. The molecule has 4 nitrogen and oxygen atoms in total. The highest BCUT2D eigenvalue weighted by atomic mass is 32.2. The maximum atomic E-state index is 11.9. The maximum absolute atomic E-state index is 11.9. The van der Waals surface area contributed by atoms with Gasteiger partial charge in [-0.1, -0.05) is 39.0 Å². The van der Waals surface area contributed by atoms with Gasteiger partial charge in [-0.2, -0.15) is 0 Å². The molecule has 1 aromatic carbocycles. The van der Waals surface area contributed by atoms with E-state index < -0.39 is 16.1 Å². The zero-order valence-corrected chi connectivity index (χ0v) is 12.1. The van der Waals surface area contributed by atoms with E-state index in [9.17, 15) is 13.5 Å². The first kappa shape index (κ1) is 15.1. The Morgan fingerprint density at radius 2 is 1.83 bits per heavy atom. The molecule has 2 N–H and O–H groups in total. The van der Waals surface area contributed by atoms with Crippen molar-refractivity contribution in [1.29, 1.82) is 0 Å². The van der Waals surface area contributed by atoms with Gasteiger partial charge in [0, 0.05) is 6.42 Å². The van der Waals surface area contributed by atoms with Gasteiger partial charge in [0.2, 0.25) is 10.0 Å². The lowest BCUT2D eigenvalue weighted by molar-refractivity contribution is 0.0631. The molecule has 0 radical (unpaired) electrons. The van der Waals surface area contributed by atoms with Gasteiger partial charge >= 0.3 is 0 Å². The molecule has 0 fully saturated rings. The van der Waals surface area contributed by atoms with E-state index in [4.69, 9.17) is 0 Å². The number of aliphatic hydroxyl groups excluding tert-OH is 1. The molecule has 0 aliphatic rings. The van der Waals surface area contributed by atoms with E-state index in [0.717, 1.165) is 0 Å². The second-order valence-corrected chi connectivity index (χ2v) is 7.26. The molecule has 1 rings (SSSR count). The maximum Gasteiger partial charge on any atom is 0.240 e. The largest absolute Gasteiger partial charge is 0.392 e. The predicted molar refractivity (Wildman–Crippen MR) is 71.9 cm³/mol. The molecular weight excluding hydrogens is 250 g/mol. The summed E-state index contributed by atoms with van der Waals surface area (Å²) in [6.07, 6.45) is -0.272. The first-order valence-electron chi connectivity index (χ1n) is 5.88. The smallest absolute Gasteiger partial charge is 0.240 e. The van der Waals surface area contributed by atoms with Crippen LogP contribution in [0.4, 0.5) is 0 Å². The van der Waals surface area contributed by atoms with Crippen molar-refractivity contribution < 1.29 is 13.5 Å². The Kier molecular flexibility index (Phi) is 4.53. The molecule has 0 bridgehead atoms. The number of sulfonamides is 1. The number of hydrogen-bond acceptors (Lipinski definition) is 3. The van der Waals surface area contributed by atoms with E-state index >= 15 is 0 Å². The van der Waals surface area contributed by atoms with Crippen LogP contribution in [0.2, 0.25) is 0 Å². The fourth-order valence-corrected chi connectivity index (χ4v) is 2.53. The molecule has 1 atom stereocenters. The lowest BCUT2D eigenvalue weighted by atomic mass is 9.85. The van der Waals surface area contributed by atoms with Crippen molar-refractivity contribution in [3.63, 3.8) is 0 Å². The van der Waals surface area contributed by atoms with Crippen molar-refractivity contribution in [1.82, 2.24) is 4.72 Å². The van der Waals surface area contributed by atoms with Crippen molar-refractivity contribution in [3.05, 3.63) is 29.8 Å². The molecule has 0 aliphatic heterocycles. The number of hydrogen-bond donors (Lipinski definition) is 2. The van der Waals surface area contributed by atoms with Gasteiger partial charge in [-0.15, -0.1) is 0 Å². The molecule has 1 unspecified atom stereocenters. The Labute approximate surface area is 109 Å². The predicted octanol–water partition coefficient (Wildman–Crippen LogP) is 1.54. The average Bonchev–Trinajstić information content (AvgIpc) is 2.28. The Morgan fingerprint density at radius 1 is 1.28 bits per heavy atom. The summed E-state index contributed by atoms with van der Waals surface area (Å²) in [6.45, 7) is 5.77. The van der Waals surface area contributed by atoms with Crippen LogP contribution in [0.25, 0.3) is 0 Å². The minimum atomic E-state index is -3.48. The average molecular weight is 271 g/mol. The van der Waals surface area contributed by atoms with Gasteiger partial charge in [-0.3, -0.25) is 0 Å². The van der Waals surface area contributed by atoms with Crippen LogP contribution in [0.5, 0.6) is 0 Å². The quantitative estimate of drug-likeness (QED) is 0.873. The number of benzene rings is 1. The van der Waals surface area contributed by atoms with E-state index in [1.165, 1.54) is 7.05 Å². The Bertz CT molecular complexity index is 503. The van der Waals surface area contributed by atoms with Crippen LogP contribution in [-0.2, 0) is 16.4 Å². The molecule has 0 heterocycles. The summed E-state index contributed by atoms with van der Waals surface area (Å²) in [6, 6.07) is 6.74. The van der Waals surface area contributed by atoms with E-state index in [1.54, 1.807) is 24.3 Å². The van der Waals surface area contributed by atoms with Crippen molar-refractivity contribution in [2.24, 2.45) is 5.41 Å². The second-order valence-electron chi connectivity index (χ2n) is 5.40. The second kappa shape index (κ2) is 5.38. The van der Waals surface area contributed by atoms with Crippen LogP contribution >= 0.6 is 0 Å². The SMILES string of the molecule is CNS(=O)(=O)c1ccccc1CC(O)C(C)(C)C. The molecule has 0 spiro atoms. The molecule has 18 heavy (non-hydrogen) atoms. The summed E-state index contributed by atoms with van der Waals surface area (Å²) in [4.78, 5) is 0.232. The standard InChI is InChI=1S/C13H21NO3S/c1-13(2,3)12(15)9-10-7-5-6-8-11(10)18(16,17)14-4/h5-8,12,14-15H,9H2,1-4H3. The normalized spacial score (nSPS) is 14.5. The van der Waals surface area contributed by atoms with Gasteiger partial charge in [0.15, 0.2) is 0 Å². The fourth-order valence-electron chi connectivity index (χ4n) is 1.56. The summed E-state index contributed by atoms with van der Waals surface area (Å²) >= 11 is 0. The van der Waals surface area contributed by atoms with E-state index in [0.29, 0.717) is 12.0 Å². The van der Waals surface area contributed by atoms with Gasteiger partial charge in [0.05, 0.1) is 11.0 Å². The third-order valence-electron chi connectivity index (χ3n) is 2.94. The Hall–Kier alpha value is -0.910. The first-order valence-corrected chi connectivity index (χ1v) is 7.36. The number of aliphatic hydroxyl groups is 1. The molecule has 0 saturated heterocycles. The van der Waals surface area contributed by atoms with Crippen molar-refractivity contribution >= 4 is 10.0 Å². The zero-order valence-electron chi connectivity index (χ0n) is 11.3. The third kappa shape index (κ3) is 3.54. The van der Waals surface area contributed by atoms with Gasteiger partial charge in [0.1, 0.15) is 0 Å². The van der Waals surface area contributed by atoms with Crippen molar-refractivity contribution in [3.8, 4) is 0 Å². The molecule has 5 heteroatoms. The lowest BCUT2D eigenvalue weighted by Gasteiger charge is -2.26. The lowest BCUT2D eigenvalue weighted by Crippen LogP contribution is -2.29. The topological polar surface area (TPSA) is 66.4 Å². The van der Waals surface area contributed by atoms with Crippen LogP contribution in [0.3, 0.4) is 0 Å². The summed E-state index contributed by atoms with van der Waals surface area (Å²) in [5.74, 6) is 0. The van der Waals surface area contributed by atoms with E-state index in [-0.39, 0.29) is 10.3 Å². The van der Waals surface area contributed by atoms with E-state index in [1.807, 2.05) is 20.8 Å². The molecule has 0 aliphatic carbocycles. The van der Waals surface area contributed by atoms with Crippen LogP contribution in [-0.4, -0.2) is 26.7 Å². The number of rotatable bonds is 4. The zero-order chi connectivity index (χ0) is 14.0. The van der Waals surface area contributed by atoms with Crippen LogP contribution in [0.1, 0.15) is 26.3 Å². The van der Waals surface area contributed by atoms with Crippen molar-refractivity contribution in [2.45, 2.75) is 38.2 Å². The minimum absolute atomic E-state index is 0.232. The van der Waals surface area contributed by atoms with Gasteiger partial charge < -0.3 is 5.11 Å². The van der Waals surface area contributed by atoms with Crippen molar-refractivity contribution in [2.75, 3.05) is 7.05 Å². The molecule has 1 aromatic rings. The highest BCUT2D eigenvalue weighted by Crippen LogP contribution is 2.25. The van der Waals surface area contributed by atoms with Crippen LogP contribution in [0, 0.1) is 5.41 Å². The highest BCUT2D eigenvalue weighted by molar-refractivity contribution is 7.89. The van der Waals surface area contributed by atoms with Gasteiger partial charge in [-0.05, 0) is 24.1 Å². The van der Waals surface area contributed by atoms with Crippen LogP contribution in [0.15, 0.2) is 29.2 Å². The Morgan fingerprint density at radius 3 is 2.33 bits per heavy atom.